The molecule has 3 aromatic rings. The fourth-order valence-corrected chi connectivity index (χ4v) is 3.97. The summed E-state index contributed by atoms with van der Waals surface area (Å²) < 4.78 is 5.60. The quantitative estimate of drug-likeness (QED) is 0.552. The van der Waals surface area contributed by atoms with Gasteiger partial charge >= 0.3 is 0 Å². The zero-order chi connectivity index (χ0) is 19.2. The molecule has 27 heavy (non-hydrogen) atoms. The van der Waals surface area contributed by atoms with Crippen LogP contribution >= 0.6 is 22.7 Å². The number of aromatic nitrogens is 2. The van der Waals surface area contributed by atoms with Crippen LogP contribution in [0.3, 0.4) is 0 Å². The Morgan fingerprint density at radius 2 is 1.93 bits per heavy atom. The smallest absolute Gasteiger partial charge is 0.232 e. The van der Waals surface area contributed by atoms with E-state index in [1.165, 1.54) is 11.3 Å². The van der Waals surface area contributed by atoms with Gasteiger partial charge in [0.1, 0.15) is 5.75 Å². The van der Waals surface area contributed by atoms with Gasteiger partial charge in [-0.25, -0.2) is 9.97 Å². The molecular formula is C20H23N3O2S2. The minimum absolute atomic E-state index is 0.0974. The minimum Gasteiger partial charge on any atom is -0.494 e. The predicted molar refractivity (Wildman–Crippen MR) is 112 cm³/mol. The van der Waals surface area contributed by atoms with Crippen molar-refractivity contribution in [3.63, 3.8) is 0 Å². The lowest BCUT2D eigenvalue weighted by Gasteiger charge is -2.04. The largest absolute Gasteiger partial charge is 0.494 e. The van der Waals surface area contributed by atoms with E-state index in [0.717, 1.165) is 34.1 Å². The summed E-state index contributed by atoms with van der Waals surface area (Å²) in [6.45, 7) is 6.99. The highest BCUT2D eigenvalue weighted by Crippen LogP contribution is 2.27. The molecular weight excluding hydrogens is 378 g/mol. The summed E-state index contributed by atoms with van der Waals surface area (Å²) >= 11 is 3.02. The van der Waals surface area contributed by atoms with Gasteiger partial charge in [0.25, 0.3) is 0 Å². The summed E-state index contributed by atoms with van der Waals surface area (Å²) in [5.74, 6) is 1.14. The highest BCUT2D eigenvalue weighted by Gasteiger charge is 2.12. The van der Waals surface area contributed by atoms with Crippen molar-refractivity contribution < 1.29 is 9.53 Å². The molecule has 142 valence electrons. The molecule has 0 radical (unpaired) electrons. The van der Waals surface area contributed by atoms with Gasteiger partial charge in [-0.15, -0.1) is 22.7 Å². The Kier molecular flexibility index (Phi) is 6.58. The first-order chi connectivity index (χ1) is 13.0. The zero-order valence-corrected chi connectivity index (χ0v) is 17.3. The lowest BCUT2D eigenvalue weighted by Crippen LogP contribution is -2.14. The van der Waals surface area contributed by atoms with Crippen LogP contribution < -0.4 is 10.1 Å². The molecule has 0 bridgehead atoms. The van der Waals surface area contributed by atoms with Gasteiger partial charge in [0.15, 0.2) is 5.13 Å². The van der Waals surface area contributed by atoms with Gasteiger partial charge < -0.3 is 10.1 Å². The zero-order valence-electron chi connectivity index (χ0n) is 15.7. The molecule has 5 nitrogen and oxygen atoms in total. The van der Waals surface area contributed by atoms with E-state index in [2.05, 4.69) is 36.1 Å². The molecule has 0 saturated carbocycles. The third kappa shape index (κ3) is 5.37. The normalized spacial score (nSPS) is 11.0. The summed E-state index contributed by atoms with van der Waals surface area (Å²) in [7, 11) is 0. The molecule has 0 aliphatic rings. The first-order valence-corrected chi connectivity index (χ1v) is 10.7. The molecule has 1 aromatic carbocycles. The number of hydrogen-bond donors (Lipinski definition) is 1. The number of benzene rings is 1. The fraction of sp³-hybridized carbons (Fsp3) is 0.350. The highest BCUT2D eigenvalue weighted by molar-refractivity contribution is 7.14. The number of ether oxygens (including phenoxy) is 1. The lowest BCUT2D eigenvalue weighted by atomic mass is 10.2. The second kappa shape index (κ2) is 9.10. The van der Waals surface area contributed by atoms with E-state index >= 15 is 0 Å². The van der Waals surface area contributed by atoms with Gasteiger partial charge in [-0.1, -0.05) is 20.8 Å². The minimum atomic E-state index is -0.0974. The molecule has 1 N–H and O–H groups in total. The number of carbonyl (C=O) groups excluding carboxylic acids is 1. The first kappa shape index (κ1) is 19.5. The molecule has 2 heterocycles. The summed E-state index contributed by atoms with van der Waals surface area (Å²) in [4.78, 5) is 21.3. The number of hydrogen-bond acceptors (Lipinski definition) is 6. The predicted octanol–water partition coefficient (Wildman–Crippen LogP) is 5.36. The van der Waals surface area contributed by atoms with Crippen LogP contribution in [-0.4, -0.2) is 22.5 Å². The summed E-state index contributed by atoms with van der Waals surface area (Å²) in [6.07, 6.45) is 1.25. The Morgan fingerprint density at radius 1 is 1.15 bits per heavy atom. The second-order valence-electron chi connectivity index (χ2n) is 6.47. The molecule has 0 atom stereocenters. The Balaban J connectivity index is 1.59. The van der Waals surface area contributed by atoms with Crippen molar-refractivity contribution >= 4 is 33.7 Å². The average Bonchev–Trinajstić information content (AvgIpc) is 3.30. The van der Waals surface area contributed by atoms with Gasteiger partial charge in [-0.3, -0.25) is 4.79 Å². The van der Waals surface area contributed by atoms with Gasteiger partial charge in [-0.2, -0.15) is 0 Å². The molecule has 3 rings (SSSR count). The van der Waals surface area contributed by atoms with Crippen LogP contribution in [0.1, 0.15) is 43.8 Å². The average molecular weight is 402 g/mol. The Bertz CT molecular complexity index is 885. The van der Waals surface area contributed by atoms with Crippen molar-refractivity contribution in [1.82, 2.24) is 9.97 Å². The van der Waals surface area contributed by atoms with Crippen LogP contribution in [0, 0.1) is 0 Å². The van der Waals surface area contributed by atoms with Crippen molar-refractivity contribution in [2.24, 2.45) is 0 Å². The summed E-state index contributed by atoms with van der Waals surface area (Å²) in [5.41, 5.74) is 2.64. The third-order valence-electron chi connectivity index (χ3n) is 3.78. The Morgan fingerprint density at radius 3 is 2.59 bits per heavy atom. The van der Waals surface area contributed by atoms with Crippen LogP contribution in [0.4, 0.5) is 5.13 Å². The van der Waals surface area contributed by atoms with Crippen molar-refractivity contribution in [3.8, 4) is 17.0 Å². The van der Waals surface area contributed by atoms with Crippen LogP contribution in [0.15, 0.2) is 35.0 Å². The van der Waals surface area contributed by atoms with E-state index in [4.69, 9.17) is 4.74 Å². The van der Waals surface area contributed by atoms with Crippen LogP contribution in [0.5, 0.6) is 5.75 Å². The number of carbonyl (C=O) groups is 1. The molecule has 1 amide bonds. The topological polar surface area (TPSA) is 64.1 Å². The van der Waals surface area contributed by atoms with Crippen LogP contribution in [-0.2, 0) is 11.2 Å². The molecule has 0 fully saturated rings. The fourth-order valence-electron chi connectivity index (χ4n) is 2.40. The standard InChI is InChI=1S/C20H23N3O2S2/c1-4-9-25-16-7-5-14(6-8-16)17-12-27-20(22-17)23-18(24)10-15-11-26-19(21-15)13(2)3/h5-8,11-13H,4,9-10H2,1-3H3,(H,22,23,24). The van der Waals surface area contributed by atoms with E-state index in [1.54, 1.807) is 11.3 Å². The SMILES string of the molecule is CCCOc1ccc(-c2csc(NC(=O)Cc3csc(C(C)C)n3)n2)cc1. The molecule has 2 aromatic heterocycles. The van der Waals surface area contributed by atoms with Gasteiger partial charge in [0.05, 0.1) is 29.4 Å². The number of anilines is 1. The molecule has 0 aliphatic carbocycles. The maximum absolute atomic E-state index is 12.3. The summed E-state index contributed by atoms with van der Waals surface area (Å²) in [5, 5.41) is 8.41. The van der Waals surface area contributed by atoms with Crippen molar-refractivity contribution in [1.29, 1.82) is 0 Å². The second-order valence-corrected chi connectivity index (χ2v) is 8.22. The molecule has 7 heteroatoms. The Hall–Kier alpha value is -2.25. The van der Waals surface area contributed by atoms with Gasteiger partial charge in [-0.05, 0) is 30.7 Å². The third-order valence-corrected chi connectivity index (χ3v) is 5.73. The van der Waals surface area contributed by atoms with E-state index in [-0.39, 0.29) is 12.3 Å². The molecule has 0 aliphatic heterocycles. The van der Waals surface area contributed by atoms with Crippen molar-refractivity contribution in [2.75, 3.05) is 11.9 Å². The molecule has 0 unspecified atom stereocenters. The van der Waals surface area contributed by atoms with E-state index in [1.807, 2.05) is 35.0 Å². The van der Waals surface area contributed by atoms with Crippen LogP contribution in [0.2, 0.25) is 0 Å². The number of nitrogens with one attached hydrogen (secondary N) is 1. The van der Waals surface area contributed by atoms with Gasteiger partial charge in [0.2, 0.25) is 5.91 Å². The highest BCUT2D eigenvalue weighted by atomic mass is 32.1. The molecule has 0 saturated heterocycles. The maximum atomic E-state index is 12.3. The van der Waals surface area contributed by atoms with Gasteiger partial charge in [0, 0.05) is 22.2 Å². The number of thiazole rings is 2. The first-order valence-electron chi connectivity index (χ1n) is 8.98. The van der Waals surface area contributed by atoms with Crippen molar-refractivity contribution in [3.05, 3.63) is 45.7 Å². The van der Waals surface area contributed by atoms with Crippen molar-refractivity contribution in [2.45, 2.75) is 39.5 Å². The lowest BCUT2D eigenvalue weighted by molar-refractivity contribution is -0.115. The maximum Gasteiger partial charge on any atom is 0.232 e. The van der Waals surface area contributed by atoms with E-state index in [0.29, 0.717) is 17.7 Å². The van der Waals surface area contributed by atoms with E-state index in [9.17, 15) is 4.79 Å². The number of amides is 1. The monoisotopic (exact) mass is 401 g/mol. The molecule has 0 spiro atoms. The van der Waals surface area contributed by atoms with Crippen LogP contribution in [0.25, 0.3) is 11.3 Å². The summed E-state index contributed by atoms with van der Waals surface area (Å²) in [6, 6.07) is 7.84. The number of nitrogens with zero attached hydrogens (tertiary/aromatic N) is 2. The van der Waals surface area contributed by atoms with E-state index < -0.39 is 0 Å². The Labute approximate surface area is 167 Å². The number of rotatable bonds is 8.